The van der Waals surface area contributed by atoms with Crippen LogP contribution in [0.15, 0.2) is 22.7 Å². The molecule has 0 aromatic heterocycles. The zero-order valence-corrected chi connectivity index (χ0v) is 13.1. The van der Waals surface area contributed by atoms with Crippen molar-refractivity contribution in [3.8, 4) is 5.75 Å². The summed E-state index contributed by atoms with van der Waals surface area (Å²) in [5.41, 5.74) is 0.689. The first kappa shape index (κ1) is 13.9. The van der Waals surface area contributed by atoms with E-state index in [1.165, 1.54) is 0 Å². The molecule has 2 aliphatic rings. The second-order valence-corrected chi connectivity index (χ2v) is 6.42. The molecule has 20 heavy (non-hydrogen) atoms. The molecule has 3 rings (SSSR count). The van der Waals surface area contributed by atoms with Gasteiger partial charge in [-0.15, -0.1) is 0 Å². The zero-order chi connectivity index (χ0) is 14.1. The number of halogens is 1. The normalized spacial score (nSPS) is 25.4. The van der Waals surface area contributed by atoms with Gasteiger partial charge in [0.2, 0.25) is 0 Å². The number of carbonyl (C=O) groups excluding carboxylic acids is 1. The summed E-state index contributed by atoms with van der Waals surface area (Å²) in [4.78, 5) is 14.7. The molecular weight excluding hydrogens is 320 g/mol. The lowest BCUT2D eigenvalue weighted by atomic mass is 9.88. The number of fused-ring (bicyclic) bond motifs is 1. The van der Waals surface area contributed by atoms with Crippen LogP contribution >= 0.6 is 15.9 Å². The molecule has 1 aromatic carbocycles. The van der Waals surface area contributed by atoms with Gasteiger partial charge in [-0.2, -0.15) is 0 Å². The van der Waals surface area contributed by atoms with E-state index < -0.39 is 0 Å². The number of amides is 1. The lowest BCUT2D eigenvalue weighted by Crippen LogP contribution is -2.43. The Morgan fingerprint density at radius 1 is 1.40 bits per heavy atom. The van der Waals surface area contributed by atoms with Crippen LogP contribution in [0.3, 0.4) is 0 Å². The van der Waals surface area contributed by atoms with Crippen LogP contribution in [0, 0.1) is 11.8 Å². The molecule has 2 atom stereocenters. The van der Waals surface area contributed by atoms with Gasteiger partial charge in [0, 0.05) is 17.6 Å². The highest BCUT2D eigenvalue weighted by Crippen LogP contribution is 2.29. The summed E-state index contributed by atoms with van der Waals surface area (Å²) in [5, 5.41) is 3.43. The van der Waals surface area contributed by atoms with Crippen molar-refractivity contribution in [2.75, 3.05) is 33.3 Å². The molecule has 0 saturated carbocycles. The Labute approximate surface area is 127 Å². The number of carbonyl (C=O) groups is 1. The van der Waals surface area contributed by atoms with Crippen LogP contribution < -0.4 is 10.1 Å². The van der Waals surface area contributed by atoms with Crippen molar-refractivity contribution in [1.29, 1.82) is 0 Å². The molecule has 0 aliphatic carbocycles. The maximum atomic E-state index is 12.7. The second-order valence-electron chi connectivity index (χ2n) is 5.56. The number of nitrogens with one attached hydrogen (secondary N) is 1. The summed E-state index contributed by atoms with van der Waals surface area (Å²) in [6.45, 7) is 3.86. The summed E-state index contributed by atoms with van der Waals surface area (Å²) in [6, 6.07) is 5.54. The Balaban J connectivity index is 1.78. The SMILES string of the molecule is COc1ccc(Br)c(C(=O)N2CCC3CNCC3C2)c1. The lowest BCUT2D eigenvalue weighted by Gasteiger charge is -2.34. The molecule has 108 valence electrons. The van der Waals surface area contributed by atoms with E-state index in [4.69, 9.17) is 4.74 Å². The molecule has 5 heteroatoms. The first-order chi connectivity index (χ1) is 9.69. The molecule has 4 nitrogen and oxygen atoms in total. The number of piperidine rings is 1. The third kappa shape index (κ3) is 2.56. The van der Waals surface area contributed by atoms with Crippen LogP contribution in [0.25, 0.3) is 0 Å². The van der Waals surface area contributed by atoms with Crippen LogP contribution in [-0.4, -0.2) is 44.1 Å². The quantitative estimate of drug-likeness (QED) is 0.898. The van der Waals surface area contributed by atoms with E-state index in [2.05, 4.69) is 21.2 Å². The predicted octanol–water partition coefficient (Wildman–Crippen LogP) is 2.14. The summed E-state index contributed by atoms with van der Waals surface area (Å²) >= 11 is 3.47. The fourth-order valence-corrected chi connectivity index (χ4v) is 3.60. The first-order valence-electron chi connectivity index (χ1n) is 7.02. The molecule has 1 aromatic rings. The standard InChI is InChI=1S/C15H19BrN2O2/c1-20-12-2-3-14(16)13(6-12)15(19)18-5-4-10-7-17-8-11(10)9-18/h2-3,6,10-11,17H,4-5,7-9H2,1H3. The van der Waals surface area contributed by atoms with E-state index in [0.717, 1.165) is 43.0 Å². The fraction of sp³-hybridized carbons (Fsp3) is 0.533. The monoisotopic (exact) mass is 338 g/mol. The molecule has 2 unspecified atom stereocenters. The highest BCUT2D eigenvalue weighted by Gasteiger charge is 2.35. The van der Waals surface area contributed by atoms with E-state index in [-0.39, 0.29) is 5.91 Å². The maximum Gasteiger partial charge on any atom is 0.255 e. The van der Waals surface area contributed by atoms with Crippen molar-refractivity contribution >= 4 is 21.8 Å². The van der Waals surface area contributed by atoms with Crippen molar-refractivity contribution < 1.29 is 9.53 Å². The summed E-state index contributed by atoms with van der Waals surface area (Å²) in [6.07, 6.45) is 1.10. The largest absolute Gasteiger partial charge is 0.497 e. The highest BCUT2D eigenvalue weighted by molar-refractivity contribution is 9.10. The van der Waals surface area contributed by atoms with Crippen LogP contribution in [-0.2, 0) is 0 Å². The molecule has 0 bridgehead atoms. The number of nitrogens with zero attached hydrogens (tertiary/aromatic N) is 1. The molecule has 1 amide bonds. The van der Waals surface area contributed by atoms with E-state index in [9.17, 15) is 4.79 Å². The molecule has 2 fully saturated rings. The summed E-state index contributed by atoms with van der Waals surface area (Å²) < 4.78 is 6.04. The van der Waals surface area contributed by atoms with E-state index >= 15 is 0 Å². The Morgan fingerprint density at radius 2 is 2.20 bits per heavy atom. The Bertz CT molecular complexity index is 521. The summed E-state index contributed by atoms with van der Waals surface area (Å²) in [7, 11) is 1.62. The molecular formula is C15H19BrN2O2. The topological polar surface area (TPSA) is 41.6 Å². The highest BCUT2D eigenvalue weighted by atomic mass is 79.9. The number of ether oxygens (including phenoxy) is 1. The molecule has 0 radical (unpaired) electrons. The Morgan fingerprint density at radius 3 is 3.00 bits per heavy atom. The lowest BCUT2D eigenvalue weighted by molar-refractivity contribution is 0.0641. The first-order valence-corrected chi connectivity index (χ1v) is 7.82. The van der Waals surface area contributed by atoms with E-state index in [1.807, 2.05) is 23.1 Å². The maximum absolute atomic E-state index is 12.7. The van der Waals surface area contributed by atoms with Gasteiger partial charge in [0.05, 0.1) is 12.7 Å². The number of methoxy groups -OCH3 is 1. The van der Waals surface area contributed by atoms with Crippen LogP contribution in [0.1, 0.15) is 16.8 Å². The van der Waals surface area contributed by atoms with Crippen molar-refractivity contribution in [2.24, 2.45) is 11.8 Å². The van der Waals surface area contributed by atoms with Gasteiger partial charge < -0.3 is 15.0 Å². The van der Waals surface area contributed by atoms with E-state index in [1.54, 1.807) is 7.11 Å². The minimum absolute atomic E-state index is 0.0983. The van der Waals surface area contributed by atoms with Crippen LogP contribution in [0.5, 0.6) is 5.75 Å². The van der Waals surface area contributed by atoms with Crippen LogP contribution in [0.4, 0.5) is 0 Å². The number of benzene rings is 1. The Kier molecular flexibility index (Phi) is 3.98. The van der Waals surface area contributed by atoms with Gasteiger partial charge in [-0.25, -0.2) is 0 Å². The van der Waals surface area contributed by atoms with Crippen molar-refractivity contribution in [1.82, 2.24) is 10.2 Å². The van der Waals surface area contributed by atoms with Gasteiger partial charge >= 0.3 is 0 Å². The molecule has 0 spiro atoms. The number of hydrogen-bond donors (Lipinski definition) is 1. The van der Waals surface area contributed by atoms with Gasteiger partial charge in [-0.3, -0.25) is 4.79 Å². The number of hydrogen-bond acceptors (Lipinski definition) is 3. The van der Waals surface area contributed by atoms with Gasteiger partial charge in [0.25, 0.3) is 5.91 Å². The number of likely N-dealkylation sites (tertiary alicyclic amines) is 1. The second kappa shape index (κ2) is 5.74. The van der Waals surface area contributed by atoms with Crippen molar-refractivity contribution in [3.63, 3.8) is 0 Å². The third-order valence-corrected chi connectivity index (χ3v) is 5.09. The van der Waals surface area contributed by atoms with Gasteiger partial charge in [-0.1, -0.05) is 0 Å². The molecule has 2 heterocycles. The molecule has 2 saturated heterocycles. The van der Waals surface area contributed by atoms with Crippen molar-refractivity contribution in [2.45, 2.75) is 6.42 Å². The molecule has 1 N–H and O–H groups in total. The molecule has 2 aliphatic heterocycles. The summed E-state index contributed by atoms with van der Waals surface area (Å²) in [5.74, 6) is 2.17. The van der Waals surface area contributed by atoms with Gasteiger partial charge in [-0.05, 0) is 65.5 Å². The average molecular weight is 339 g/mol. The van der Waals surface area contributed by atoms with Gasteiger partial charge in [0.1, 0.15) is 5.75 Å². The zero-order valence-electron chi connectivity index (χ0n) is 11.6. The van der Waals surface area contributed by atoms with Crippen molar-refractivity contribution in [3.05, 3.63) is 28.2 Å². The number of rotatable bonds is 2. The Hall–Kier alpha value is -1.07. The van der Waals surface area contributed by atoms with E-state index in [0.29, 0.717) is 17.2 Å². The minimum atomic E-state index is 0.0983. The van der Waals surface area contributed by atoms with Crippen LogP contribution in [0.2, 0.25) is 0 Å². The predicted molar refractivity (Wildman–Crippen MR) is 81.1 cm³/mol. The third-order valence-electron chi connectivity index (χ3n) is 4.40. The smallest absolute Gasteiger partial charge is 0.255 e. The average Bonchev–Trinajstić information content (AvgIpc) is 2.94. The van der Waals surface area contributed by atoms with Gasteiger partial charge in [0.15, 0.2) is 0 Å². The fourth-order valence-electron chi connectivity index (χ4n) is 3.18. The minimum Gasteiger partial charge on any atom is -0.497 e.